The van der Waals surface area contributed by atoms with Crippen LogP contribution in [0, 0.1) is 0 Å². The summed E-state index contributed by atoms with van der Waals surface area (Å²) in [6.07, 6.45) is 34.8. The zero-order valence-corrected chi connectivity index (χ0v) is 40.8. The Morgan fingerprint density at radius 3 is 1.17 bits per heavy atom. The maximum atomic E-state index is 13.0. The second-order valence-corrected chi connectivity index (χ2v) is 19.3. The first kappa shape index (κ1) is 60.1. The maximum absolute atomic E-state index is 13.0. The molecule has 11 nitrogen and oxygen atoms in total. The first-order chi connectivity index (χ1) is 30.7. The lowest BCUT2D eigenvalue weighted by molar-refractivity contribution is -0.303. The Morgan fingerprint density at radius 2 is 0.825 bits per heavy atom. The third-order valence-corrected chi connectivity index (χ3v) is 13.4. The molecule has 0 spiro atoms. The largest absolute Gasteiger partial charge is 0.394 e. The van der Waals surface area contributed by atoms with Gasteiger partial charge in [-0.15, -0.1) is 0 Å². The van der Waals surface area contributed by atoms with Gasteiger partial charge in [-0.3, -0.25) is 4.79 Å². The molecule has 1 rings (SSSR count). The maximum Gasteiger partial charge on any atom is 0.249 e. The van der Waals surface area contributed by atoms with Gasteiger partial charge in [-0.1, -0.05) is 245 Å². The molecule has 1 amide bonds. The topological polar surface area (TPSA) is 189 Å². The normalized spacial score (nSPS) is 21.1. The predicted octanol–water partition coefficient (Wildman–Crippen LogP) is 10.2. The van der Waals surface area contributed by atoms with Gasteiger partial charge in [0.05, 0.1) is 25.4 Å². The molecular formula is C52H103NO10. The van der Waals surface area contributed by atoms with Crippen LogP contribution in [0.1, 0.15) is 258 Å². The highest BCUT2D eigenvalue weighted by Crippen LogP contribution is 2.23. The van der Waals surface area contributed by atoms with Crippen molar-refractivity contribution in [3.05, 3.63) is 0 Å². The highest BCUT2D eigenvalue weighted by Gasteiger charge is 2.44. The number of aliphatic hydroxyl groups excluding tert-OH is 7. The summed E-state index contributed by atoms with van der Waals surface area (Å²) >= 11 is 0. The van der Waals surface area contributed by atoms with E-state index in [2.05, 4.69) is 19.2 Å². The van der Waals surface area contributed by atoms with Gasteiger partial charge in [-0.05, 0) is 12.8 Å². The highest BCUT2D eigenvalue weighted by molar-refractivity contribution is 5.80. The van der Waals surface area contributed by atoms with Gasteiger partial charge >= 0.3 is 0 Å². The van der Waals surface area contributed by atoms with Crippen molar-refractivity contribution in [1.82, 2.24) is 5.32 Å². The third-order valence-electron chi connectivity index (χ3n) is 13.4. The fraction of sp³-hybridized carbons (Fsp3) is 0.981. The minimum absolute atomic E-state index is 0.263. The molecule has 0 aromatic carbocycles. The fourth-order valence-corrected chi connectivity index (χ4v) is 8.97. The van der Waals surface area contributed by atoms with Crippen molar-refractivity contribution in [2.24, 2.45) is 0 Å². The van der Waals surface area contributed by atoms with Crippen molar-refractivity contribution in [2.75, 3.05) is 13.2 Å². The lowest BCUT2D eigenvalue weighted by atomic mass is 9.98. The van der Waals surface area contributed by atoms with E-state index in [0.717, 1.165) is 38.5 Å². The van der Waals surface area contributed by atoms with E-state index in [1.54, 1.807) is 0 Å². The Balaban J connectivity index is 2.20. The number of hydrogen-bond acceptors (Lipinski definition) is 10. The Hall–Kier alpha value is -0.890. The van der Waals surface area contributed by atoms with Crippen molar-refractivity contribution in [2.45, 2.75) is 313 Å². The zero-order valence-electron chi connectivity index (χ0n) is 40.8. The number of carbonyl (C=O) groups is 1. The molecule has 1 aliphatic heterocycles. The number of ether oxygens (including phenoxy) is 2. The summed E-state index contributed by atoms with van der Waals surface area (Å²) in [7, 11) is 0. The van der Waals surface area contributed by atoms with Crippen LogP contribution >= 0.6 is 0 Å². The quantitative estimate of drug-likeness (QED) is 0.0273. The van der Waals surface area contributed by atoms with E-state index in [0.29, 0.717) is 19.3 Å². The molecule has 11 heteroatoms. The van der Waals surface area contributed by atoms with Gasteiger partial charge in [0.25, 0.3) is 0 Å². The van der Waals surface area contributed by atoms with Crippen molar-refractivity contribution in [3.8, 4) is 0 Å². The standard InChI is InChI=1S/C52H103NO10/c1-3-5-7-9-11-13-14-15-16-17-18-19-20-21-22-23-24-25-26-27-28-29-30-31-32-34-35-37-39-44(55)47(57)43(42-62-52-50(60)49(59)48(58)46(41-54)63-52)53-51(61)45(56)40-38-36-33-12-10-8-6-4-2/h43-50,52,54-60H,3-42H2,1-2H3,(H,53,61). The molecule has 1 aliphatic rings. The fourth-order valence-electron chi connectivity index (χ4n) is 8.97. The molecule has 1 heterocycles. The molecule has 9 unspecified atom stereocenters. The van der Waals surface area contributed by atoms with E-state index < -0.39 is 74.2 Å². The summed E-state index contributed by atoms with van der Waals surface area (Å²) in [6, 6.07) is -1.16. The minimum Gasteiger partial charge on any atom is -0.394 e. The number of hydrogen-bond donors (Lipinski definition) is 8. The van der Waals surface area contributed by atoms with Crippen LogP contribution in [-0.4, -0.2) is 110 Å². The lowest BCUT2D eigenvalue weighted by Gasteiger charge is -2.40. The molecule has 1 saturated heterocycles. The van der Waals surface area contributed by atoms with E-state index >= 15 is 0 Å². The first-order valence-corrected chi connectivity index (χ1v) is 26.9. The molecule has 376 valence electrons. The van der Waals surface area contributed by atoms with Crippen molar-refractivity contribution in [1.29, 1.82) is 0 Å². The summed E-state index contributed by atoms with van der Waals surface area (Å²) in [5.74, 6) is -0.697. The monoisotopic (exact) mass is 902 g/mol. The van der Waals surface area contributed by atoms with Crippen LogP contribution in [0.2, 0.25) is 0 Å². The van der Waals surface area contributed by atoms with Crippen LogP contribution in [0.3, 0.4) is 0 Å². The lowest BCUT2D eigenvalue weighted by Crippen LogP contribution is -2.60. The van der Waals surface area contributed by atoms with Gasteiger partial charge in [0.2, 0.25) is 5.91 Å². The highest BCUT2D eigenvalue weighted by atomic mass is 16.7. The van der Waals surface area contributed by atoms with Crippen molar-refractivity contribution in [3.63, 3.8) is 0 Å². The predicted molar refractivity (Wildman–Crippen MR) is 256 cm³/mol. The SMILES string of the molecule is CCCCCCCCCCCCCCCCCCCCCCCCCCCCCCC(O)C(O)C(COC1OC(CO)C(O)C(O)C1O)NC(=O)C(O)CCCCCCCCCC. The summed E-state index contributed by atoms with van der Waals surface area (Å²) in [6.45, 7) is 3.42. The Labute approximate surface area is 386 Å². The number of rotatable bonds is 46. The number of nitrogens with one attached hydrogen (secondary N) is 1. The van der Waals surface area contributed by atoms with Crippen molar-refractivity contribution >= 4 is 5.91 Å². The molecule has 63 heavy (non-hydrogen) atoms. The summed E-state index contributed by atoms with van der Waals surface area (Å²) in [5, 5.41) is 75.6. The van der Waals surface area contributed by atoms with Gasteiger partial charge in [0.1, 0.15) is 36.6 Å². The van der Waals surface area contributed by atoms with Crippen LogP contribution in [0.5, 0.6) is 0 Å². The molecule has 1 fully saturated rings. The number of aliphatic hydroxyl groups is 7. The third kappa shape index (κ3) is 31.7. The van der Waals surface area contributed by atoms with Crippen LogP contribution in [0.25, 0.3) is 0 Å². The summed E-state index contributed by atoms with van der Waals surface area (Å²) in [5.41, 5.74) is 0. The molecule has 0 bridgehead atoms. The van der Waals surface area contributed by atoms with Gasteiger partial charge < -0.3 is 50.5 Å². The van der Waals surface area contributed by atoms with E-state index in [1.807, 2.05) is 0 Å². The second-order valence-electron chi connectivity index (χ2n) is 19.3. The minimum atomic E-state index is -1.66. The average molecular weight is 902 g/mol. The summed E-state index contributed by atoms with van der Waals surface area (Å²) in [4.78, 5) is 13.0. The van der Waals surface area contributed by atoms with Gasteiger partial charge in [0, 0.05) is 0 Å². The molecule has 9 atom stereocenters. The first-order valence-electron chi connectivity index (χ1n) is 26.9. The number of unbranched alkanes of at least 4 members (excludes halogenated alkanes) is 34. The molecule has 0 radical (unpaired) electrons. The van der Waals surface area contributed by atoms with E-state index in [4.69, 9.17) is 9.47 Å². The molecule has 8 N–H and O–H groups in total. The average Bonchev–Trinajstić information content (AvgIpc) is 3.28. The molecular weight excluding hydrogens is 799 g/mol. The van der Waals surface area contributed by atoms with Crippen LogP contribution in [0.15, 0.2) is 0 Å². The van der Waals surface area contributed by atoms with Crippen LogP contribution < -0.4 is 5.32 Å². The molecule has 0 aliphatic carbocycles. The van der Waals surface area contributed by atoms with Crippen molar-refractivity contribution < 1.29 is 50.0 Å². The number of carbonyl (C=O) groups excluding carboxylic acids is 1. The van der Waals surface area contributed by atoms with Crippen LogP contribution in [0.4, 0.5) is 0 Å². The Kier molecular flexibility index (Phi) is 40.5. The second kappa shape index (κ2) is 42.5. The van der Waals surface area contributed by atoms with Gasteiger partial charge in [-0.25, -0.2) is 0 Å². The van der Waals surface area contributed by atoms with E-state index in [1.165, 1.54) is 180 Å². The number of amides is 1. The Bertz CT molecular complexity index is 991. The molecule has 0 aromatic rings. The smallest absolute Gasteiger partial charge is 0.249 e. The van der Waals surface area contributed by atoms with E-state index in [-0.39, 0.29) is 6.42 Å². The zero-order chi connectivity index (χ0) is 46.2. The van der Waals surface area contributed by atoms with Crippen LogP contribution in [-0.2, 0) is 14.3 Å². The Morgan fingerprint density at radius 1 is 0.492 bits per heavy atom. The van der Waals surface area contributed by atoms with Gasteiger partial charge in [-0.2, -0.15) is 0 Å². The molecule has 0 aromatic heterocycles. The summed E-state index contributed by atoms with van der Waals surface area (Å²) < 4.78 is 11.1. The van der Waals surface area contributed by atoms with Gasteiger partial charge in [0.15, 0.2) is 6.29 Å². The molecule has 0 saturated carbocycles. The van der Waals surface area contributed by atoms with E-state index in [9.17, 15) is 40.5 Å².